The Morgan fingerprint density at radius 2 is 1.96 bits per heavy atom. The molecule has 1 aromatic carbocycles. The number of hydrogen-bond donors (Lipinski definition) is 3. The smallest absolute Gasteiger partial charge is 0.220 e. The number of hydrogen-bond acceptors (Lipinski definition) is 5. The summed E-state index contributed by atoms with van der Waals surface area (Å²) >= 11 is 0. The monoisotopic (exact) mass is 355 g/mol. The van der Waals surface area contributed by atoms with Gasteiger partial charge in [-0.2, -0.15) is 5.10 Å². The molecule has 2 bridgehead atoms. The van der Waals surface area contributed by atoms with Crippen molar-refractivity contribution in [1.82, 2.24) is 25.8 Å². The Kier molecular flexibility index (Phi) is 4.88. The number of nitrogens with one attached hydrogen (secondary N) is 3. The lowest BCUT2D eigenvalue weighted by Crippen LogP contribution is -2.39. The summed E-state index contributed by atoms with van der Waals surface area (Å²) in [4.78, 5) is 16.7. The second kappa shape index (κ2) is 7.45. The van der Waals surface area contributed by atoms with Crippen LogP contribution in [0.25, 0.3) is 11.4 Å². The van der Waals surface area contributed by atoms with Crippen LogP contribution >= 0.6 is 0 Å². The summed E-state index contributed by atoms with van der Waals surface area (Å²) in [6.07, 6.45) is 5.36. The van der Waals surface area contributed by atoms with Crippen LogP contribution in [0.1, 0.15) is 37.9 Å². The molecule has 26 heavy (non-hydrogen) atoms. The number of H-pyrrole nitrogens is 1. The van der Waals surface area contributed by atoms with Crippen LogP contribution in [0.2, 0.25) is 0 Å². The normalized spacial score (nSPS) is 24.4. The number of nitrogens with zero attached hydrogens (tertiary/aromatic N) is 2. The third-order valence-corrected chi connectivity index (χ3v) is 5.38. The summed E-state index contributed by atoms with van der Waals surface area (Å²) in [5.74, 6) is 2.67. The molecule has 0 radical (unpaired) electrons. The van der Waals surface area contributed by atoms with Gasteiger partial charge in [-0.1, -0.05) is 0 Å². The first-order chi connectivity index (χ1) is 12.7. The Balaban J connectivity index is 1.28. The molecule has 3 N–H and O–H groups in total. The van der Waals surface area contributed by atoms with Gasteiger partial charge in [0.2, 0.25) is 5.91 Å². The molecule has 2 fully saturated rings. The molecule has 3 heterocycles. The minimum atomic E-state index is 0.0960. The number of rotatable bonds is 6. The molecule has 2 aliphatic heterocycles. The molecule has 2 aliphatic rings. The molecule has 0 spiro atoms. The number of methoxy groups -OCH3 is 1. The summed E-state index contributed by atoms with van der Waals surface area (Å²) < 4.78 is 5.15. The molecule has 0 aliphatic carbocycles. The van der Waals surface area contributed by atoms with E-state index in [4.69, 9.17) is 4.74 Å². The van der Waals surface area contributed by atoms with Crippen LogP contribution in [0.5, 0.6) is 5.75 Å². The van der Waals surface area contributed by atoms with Crippen molar-refractivity contribution < 1.29 is 9.53 Å². The maximum atomic E-state index is 12.3. The van der Waals surface area contributed by atoms with E-state index in [1.807, 2.05) is 24.3 Å². The van der Waals surface area contributed by atoms with Crippen LogP contribution in [0, 0.1) is 5.92 Å². The molecule has 138 valence electrons. The van der Waals surface area contributed by atoms with E-state index in [1.54, 1.807) is 7.11 Å². The first-order valence-corrected chi connectivity index (χ1v) is 9.28. The molecule has 7 nitrogen and oxygen atoms in total. The van der Waals surface area contributed by atoms with Crippen LogP contribution in [0.4, 0.5) is 0 Å². The molecule has 4 rings (SSSR count). The zero-order valence-corrected chi connectivity index (χ0v) is 15.0. The summed E-state index contributed by atoms with van der Waals surface area (Å²) in [6.45, 7) is 0.375. The van der Waals surface area contributed by atoms with Crippen molar-refractivity contribution in [3.8, 4) is 17.1 Å². The lowest BCUT2D eigenvalue weighted by atomic mass is 9.89. The molecule has 0 saturated carbocycles. The van der Waals surface area contributed by atoms with Gasteiger partial charge in [0, 0.05) is 24.1 Å². The number of piperidine rings is 1. The van der Waals surface area contributed by atoms with Crippen LogP contribution < -0.4 is 15.4 Å². The Labute approximate surface area is 152 Å². The number of ether oxygens (including phenoxy) is 1. The third-order valence-electron chi connectivity index (χ3n) is 5.38. The molecule has 2 atom stereocenters. The Bertz CT molecular complexity index is 746. The van der Waals surface area contributed by atoms with Crippen molar-refractivity contribution in [3.63, 3.8) is 0 Å². The lowest BCUT2D eigenvalue weighted by molar-refractivity contribution is -0.122. The van der Waals surface area contributed by atoms with Crippen molar-refractivity contribution in [3.05, 3.63) is 30.1 Å². The Hall–Kier alpha value is -2.41. The average molecular weight is 355 g/mol. The predicted molar refractivity (Wildman–Crippen MR) is 97.5 cm³/mol. The molecule has 2 aromatic rings. The van der Waals surface area contributed by atoms with Gasteiger partial charge >= 0.3 is 0 Å². The van der Waals surface area contributed by atoms with E-state index in [9.17, 15) is 4.79 Å². The highest BCUT2D eigenvalue weighted by molar-refractivity contribution is 5.76. The fourth-order valence-corrected chi connectivity index (χ4v) is 4.10. The van der Waals surface area contributed by atoms with Crippen molar-refractivity contribution >= 4 is 5.91 Å². The molecular weight excluding hydrogens is 330 g/mol. The molecule has 7 heteroatoms. The van der Waals surface area contributed by atoms with Crippen molar-refractivity contribution in [1.29, 1.82) is 0 Å². The van der Waals surface area contributed by atoms with Crippen molar-refractivity contribution in [2.45, 2.75) is 50.7 Å². The van der Waals surface area contributed by atoms with Crippen LogP contribution in [0.3, 0.4) is 0 Å². The fourth-order valence-electron chi connectivity index (χ4n) is 4.10. The van der Waals surface area contributed by atoms with E-state index in [0.29, 0.717) is 42.6 Å². The van der Waals surface area contributed by atoms with Gasteiger partial charge in [-0.15, -0.1) is 0 Å². The highest BCUT2D eigenvalue weighted by Gasteiger charge is 2.34. The number of benzene rings is 1. The van der Waals surface area contributed by atoms with Crippen molar-refractivity contribution in [2.24, 2.45) is 5.92 Å². The number of carbonyl (C=O) groups is 1. The van der Waals surface area contributed by atoms with Gasteiger partial charge in [0.1, 0.15) is 11.6 Å². The molecule has 2 saturated heterocycles. The van der Waals surface area contributed by atoms with Crippen LogP contribution in [0.15, 0.2) is 24.3 Å². The predicted octanol–water partition coefficient (Wildman–Crippen LogP) is 2.02. The maximum Gasteiger partial charge on any atom is 0.220 e. The molecular formula is C19H25N5O2. The van der Waals surface area contributed by atoms with E-state index in [0.717, 1.165) is 24.2 Å². The standard InChI is InChI=1S/C19H25N5O2/c1-26-16-6-2-13(3-7-16)19-22-17(23-24-19)11-20-18(25)10-12-8-14-4-5-15(9-12)21-14/h2-3,6-7,12,14-15,21H,4-5,8-11H2,1H3,(H,20,25)(H,22,23,24). The first kappa shape index (κ1) is 17.0. The van der Waals surface area contributed by atoms with Gasteiger partial charge in [-0.05, 0) is 55.9 Å². The van der Waals surface area contributed by atoms with Gasteiger partial charge in [-0.25, -0.2) is 4.98 Å². The van der Waals surface area contributed by atoms with Crippen molar-refractivity contribution in [2.75, 3.05) is 7.11 Å². The number of fused-ring (bicyclic) bond motifs is 2. The minimum absolute atomic E-state index is 0.0960. The molecule has 1 aromatic heterocycles. The summed E-state index contributed by atoms with van der Waals surface area (Å²) in [5.41, 5.74) is 0.907. The topological polar surface area (TPSA) is 91.9 Å². The molecule has 2 unspecified atom stereocenters. The summed E-state index contributed by atoms with van der Waals surface area (Å²) in [5, 5.41) is 13.7. The zero-order valence-electron chi connectivity index (χ0n) is 15.0. The van der Waals surface area contributed by atoms with E-state index >= 15 is 0 Å². The number of amides is 1. The van der Waals surface area contributed by atoms with E-state index in [2.05, 4.69) is 25.8 Å². The Morgan fingerprint density at radius 3 is 2.65 bits per heavy atom. The van der Waals surface area contributed by atoms with Gasteiger partial charge in [0.15, 0.2) is 5.82 Å². The number of aromatic amines is 1. The lowest BCUT2D eigenvalue weighted by Gasteiger charge is -2.28. The maximum absolute atomic E-state index is 12.3. The van der Waals surface area contributed by atoms with Gasteiger partial charge in [0.05, 0.1) is 13.7 Å². The van der Waals surface area contributed by atoms with Crippen LogP contribution in [-0.2, 0) is 11.3 Å². The van der Waals surface area contributed by atoms with E-state index in [-0.39, 0.29) is 5.91 Å². The largest absolute Gasteiger partial charge is 0.497 e. The van der Waals surface area contributed by atoms with Gasteiger partial charge in [-0.3, -0.25) is 9.89 Å². The highest BCUT2D eigenvalue weighted by Crippen LogP contribution is 2.32. The fraction of sp³-hybridized carbons (Fsp3) is 0.526. The van der Waals surface area contributed by atoms with Gasteiger partial charge < -0.3 is 15.4 Å². The number of aromatic nitrogens is 3. The third kappa shape index (κ3) is 3.88. The summed E-state index contributed by atoms with van der Waals surface area (Å²) in [6, 6.07) is 8.81. The number of carbonyl (C=O) groups excluding carboxylic acids is 1. The second-order valence-electron chi connectivity index (χ2n) is 7.29. The van der Waals surface area contributed by atoms with Crippen LogP contribution in [-0.4, -0.2) is 40.3 Å². The highest BCUT2D eigenvalue weighted by atomic mass is 16.5. The zero-order chi connectivity index (χ0) is 17.9. The quantitative estimate of drug-likeness (QED) is 0.737. The van der Waals surface area contributed by atoms with E-state index < -0.39 is 0 Å². The molecule has 1 amide bonds. The van der Waals surface area contributed by atoms with E-state index in [1.165, 1.54) is 12.8 Å². The Morgan fingerprint density at radius 1 is 1.23 bits per heavy atom. The average Bonchev–Trinajstić information content (AvgIpc) is 3.26. The SMILES string of the molecule is COc1ccc(-c2n[nH]c(CNC(=O)CC3CC4CCC(C3)N4)n2)cc1. The first-order valence-electron chi connectivity index (χ1n) is 9.28. The summed E-state index contributed by atoms with van der Waals surface area (Å²) in [7, 11) is 1.64. The minimum Gasteiger partial charge on any atom is -0.497 e. The van der Waals surface area contributed by atoms with Gasteiger partial charge in [0.25, 0.3) is 0 Å². The second-order valence-corrected chi connectivity index (χ2v) is 7.29.